The van der Waals surface area contributed by atoms with Crippen LogP contribution in [-0.4, -0.2) is 78.4 Å². The van der Waals surface area contributed by atoms with E-state index >= 15 is 0 Å². The normalized spacial score (nSPS) is 19.4. The molecule has 6 heteroatoms. The summed E-state index contributed by atoms with van der Waals surface area (Å²) in [6, 6.07) is 13.9. The minimum atomic E-state index is -0.203. The molecular weight excluding hydrogens is 364 g/mol. The molecular formula is C23H30N4O2. The molecule has 1 N–H and O–H groups in total. The van der Waals surface area contributed by atoms with E-state index in [0.717, 1.165) is 68.6 Å². The van der Waals surface area contributed by atoms with Gasteiger partial charge in [0, 0.05) is 50.3 Å². The lowest BCUT2D eigenvalue weighted by Gasteiger charge is -2.37. The minimum Gasteiger partial charge on any atom is -0.342 e. The summed E-state index contributed by atoms with van der Waals surface area (Å²) in [5.41, 5.74) is 0.856. The Morgan fingerprint density at radius 3 is 2.38 bits per heavy atom. The quantitative estimate of drug-likeness (QED) is 0.846. The van der Waals surface area contributed by atoms with Gasteiger partial charge in [0.1, 0.15) is 0 Å². The Morgan fingerprint density at radius 1 is 0.931 bits per heavy atom. The van der Waals surface area contributed by atoms with Crippen molar-refractivity contribution in [1.29, 1.82) is 0 Å². The van der Waals surface area contributed by atoms with Crippen LogP contribution in [-0.2, 0) is 9.59 Å². The van der Waals surface area contributed by atoms with Crippen molar-refractivity contribution in [2.24, 2.45) is 0 Å². The first-order valence-corrected chi connectivity index (χ1v) is 10.6. The lowest BCUT2D eigenvalue weighted by molar-refractivity contribution is -0.132. The molecule has 1 atom stereocenters. The summed E-state index contributed by atoms with van der Waals surface area (Å²) < 4.78 is 0. The van der Waals surface area contributed by atoms with Crippen molar-refractivity contribution < 1.29 is 9.59 Å². The fraction of sp³-hybridized carbons (Fsp3) is 0.478. The zero-order valence-corrected chi connectivity index (χ0v) is 17.1. The largest absolute Gasteiger partial charge is 0.342 e. The second-order valence-corrected chi connectivity index (χ2v) is 8.09. The van der Waals surface area contributed by atoms with E-state index < -0.39 is 0 Å². The Morgan fingerprint density at radius 2 is 1.62 bits per heavy atom. The van der Waals surface area contributed by atoms with Crippen molar-refractivity contribution in [3.8, 4) is 0 Å². The molecule has 2 aliphatic heterocycles. The Balaban J connectivity index is 1.30. The smallest absolute Gasteiger partial charge is 0.241 e. The van der Waals surface area contributed by atoms with Crippen LogP contribution in [0.3, 0.4) is 0 Å². The van der Waals surface area contributed by atoms with E-state index in [4.69, 9.17) is 0 Å². The topological polar surface area (TPSA) is 55.9 Å². The molecule has 2 saturated heterocycles. The maximum Gasteiger partial charge on any atom is 0.241 e. The summed E-state index contributed by atoms with van der Waals surface area (Å²) in [6.07, 6.45) is 2.26. The number of likely N-dealkylation sites (tertiary alicyclic amines) is 1. The van der Waals surface area contributed by atoms with Crippen LogP contribution < -0.4 is 5.32 Å². The Kier molecular flexibility index (Phi) is 6.11. The molecule has 0 bridgehead atoms. The highest BCUT2D eigenvalue weighted by Gasteiger charge is 2.28. The third-order valence-electron chi connectivity index (χ3n) is 6.20. The molecule has 154 valence electrons. The maximum absolute atomic E-state index is 12.9. The second-order valence-electron chi connectivity index (χ2n) is 8.09. The van der Waals surface area contributed by atoms with Crippen LogP contribution in [0.1, 0.15) is 19.8 Å². The van der Waals surface area contributed by atoms with Crippen molar-refractivity contribution in [2.45, 2.75) is 25.8 Å². The zero-order chi connectivity index (χ0) is 20.2. The van der Waals surface area contributed by atoms with Crippen LogP contribution in [0.15, 0.2) is 42.5 Å². The summed E-state index contributed by atoms with van der Waals surface area (Å²) in [5, 5.41) is 5.28. The SMILES string of the molecule is CC(C(=O)Nc1cccc2ccccc12)N1CCN(CC(=O)N2CCCC2)CC1. The molecule has 2 aliphatic rings. The van der Waals surface area contributed by atoms with Crippen LogP contribution in [0.4, 0.5) is 5.69 Å². The van der Waals surface area contributed by atoms with Gasteiger partial charge < -0.3 is 10.2 Å². The van der Waals surface area contributed by atoms with Gasteiger partial charge in [-0.15, -0.1) is 0 Å². The number of anilines is 1. The van der Waals surface area contributed by atoms with Gasteiger partial charge in [0.05, 0.1) is 12.6 Å². The highest BCUT2D eigenvalue weighted by atomic mass is 16.2. The van der Waals surface area contributed by atoms with Crippen LogP contribution >= 0.6 is 0 Å². The number of nitrogens with one attached hydrogen (secondary N) is 1. The summed E-state index contributed by atoms with van der Waals surface area (Å²) in [5.74, 6) is 0.264. The molecule has 6 nitrogen and oxygen atoms in total. The van der Waals surface area contributed by atoms with Gasteiger partial charge in [0.15, 0.2) is 0 Å². The second kappa shape index (κ2) is 8.93. The first kappa shape index (κ1) is 19.9. The number of rotatable bonds is 5. The summed E-state index contributed by atoms with van der Waals surface area (Å²) >= 11 is 0. The Labute approximate surface area is 172 Å². The van der Waals surface area contributed by atoms with Gasteiger partial charge in [0.2, 0.25) is 11.8 Å². The predicted octanol–water partition coefficient (Wildman–Crippen LogP) is 2.41. The number of benzene rings is 2. The van der Waals surface area contributed by atoms with Crippen LogP contribution in [0, 0.1) is 0 Å². The fourth-order valence-corrected chi connectivity index (χ4v) is 4.30. The van der Waals surface area contributed by atoms with E-state index in [0.29, 0.717) is 6.54 Å². The van der Waals surface area contributed by atoms with E-state index in [1.165, 1.54) is 0 Å². The van der Waals surface area contributed by atoms with Crippen molar-refractivity contribution in [3.63, 3.8) is 0 Å². The Hall–Kier alpha value is -2.44. The van der Waals surface area contributed by atoms with Crippen molar-refractivity contribution in [2.75, 3.05) is 51.1 Å². The number of hydrogen-bond donors (Lipinski definition) is 1. The lowest BCUT2D eigenvalue weighted by Crippen LogP contribution is -2.54. The summed E-state index contributed by atoms with van der Waals surface area (Å²) in [6.45, 7) is 7.54. The van der Waals surface area contributed by atoms with E-state index in [1.807, 2.05) is 42.2 Å². The van der Waals surface area contributed by atoms with Crippen LogP contribution in [0.25, 0.3) is 10.8 Å². The van der Waals surface area contributed by atoms with Gasteiger partial charge >= 0.3 is 0 Å². The number of fused-ring (bicyclic) bond motifs is 1. The molecule has 2 fully saturated rings. The number of carbonyl (C=O) groups is 2. The molecule has 0 aliphatic carbocycles. The van der Waals surface area contributed by atoms with Crippen molar-refractivity contribution in [1.82, 2.24) is 14.7 Å². The number of piperazine rings is 1. The van der Waals surface area contributed by atoms with E-state index in [-0.39, 0.29) is 17.9 Å². The maximum atomic E-state index is 12.9. The van der Waals surface area contributed by atoms with Gasteiger partial charge in [-0.25, -0.2) is 0 Å². The summed E-state index contributed by atoms with van der Waals surface area (Å²) in [7, 11) is 0. The molecule has 0 radical (unpaired) electrons. The van der Waals surface area contributed by atoms with E-state index in [2.05, 4.69) is 27.2 Å². The van der Waals surface area contributed by atoms with Crippen molar-refractivity contribution >= 4 is 28.3 Å². The molecule has 1 unspecified atom stereocenters. The average molecular weight is 395 g/mol. The molecule has 4 rings (SSSR count). The van der Waals surface area contributed by atoms with E-state index in [9.17, 15) is 9.59 Å². The third kappa shape index (κ3) is 4.60. The molecule has 2 aromatic rings. The lowest BCUT2D eigenvalue weighted by atomic mass is 10.1. The number of carbonyl (C=O) groups excluding carboxylic acids is 2. The van der Waals surface area contributed by atoms with Crippen LogP contribution in [0.2, 0.25) is 0 Å². The highest BCUT2D eigenvalue weighted by Crippen LogP contribution is 2.23. The fourth-order valence-electron chi connectivity index (χ4n) is 4.30. The van der Waals surface area contributed by atoms with Crippen LogP contribution in [0.5, 0.6) is 0 Å². The van der Waals surface area contributed by atoms with Gasteiger partial charge in [-0.1, -0.05) is 36.4 Å². The molecule has 0 saturated carbocycles. The number of nitrogens with zero attached hydrogens (tertiary/aromatic N) is 3. The molecule has 0 spiro atoms. The van der Waals surface area contributed by atoms with Gasteiger partial charge in [-0.3, -0.25) is 19.4 Å². The third-order valence-corrected chi connectivity index (χ3v) is 6.20. The first-order valence-electron chi connectivity index (χ1n) is 10.6. The molecule has 29 heavy (non-hydrogen) atoms. The number of amides is 2. The standard InChI is InChI=1S/C23H30N4O2/c1-18(23(29)24-21-10-6-8-19-7-2-3-9-20(19)21)26-15-13-25(14-16-26)17-22(28)27-11-4-5-12-27/h2-3,6-10,18H,4-5,11-17H2,1H3,(H,24,29). The molecule has 2 heterocycles. The van der Waals surface area contributed by atoms with Gasteiger partial charge in [-0.05, 0) is 31.2 Å². The monoisotopic (exact) mass is 394 g/mol. The van der Waals surface area contributed by atoms with Crippen molar-refractivity contribution in [3.05, 3.63) is 42.5 Å². The van der Waals surface area contributed by atoms with E-state index in [1.54, 1.807) is 0 Å². The average Bonchev–Trinajstić information content (AvgIpc) is 3.29. The first-order chi connectivity index (χ1) is 14.1. The summed E-state index contributed by atoms with van der Waals surface area (Å²) in [4.78, 5) is 31.6. The zero-order valence-electron chi connectivity index (χ0n) is 17.1. The van der Waals surface area contributed by atoms with Gasteiger partial charge in [-0.2, -0.15) is 0 Å². The Bertz CT molecular complexity index is 865. The molecule has 2 aromatic carbocycles. The molecule has 2 amide bonds. The highest BCUT2D eigenvalue weighted by molar-refractivity contribution is 6.03. The number of hydrogen-bond acceptors (Lipinski definition) is 4. The van der Waals surface area contributed by atoms with Gasteiger partial charge in [0.25, 0.3) is 0 Å². The predicted molar refractivity (Wildman–Crippen MR) is 116 cm³/mol. The molecule has 0 aromatic heterocycles. The minimum absolute atomic E-state index is 0.0166.